The standard InChI is InChI=1S/C26H22Cl3N3O2S/c1-26(2)10-20-24(21(33)11-26)23(14-3-5-15(27)6-4-14)19(12-30)25(32-20)35-13-22(34)31-18-8-16(28)7-17(29)9-18/h3-9,23,32H,10-11,13H2,1-2H3,(H,31,34). The first-order chi connectivity index (χ1) is 16.6. The molecule has 0 saturated heterocycles. The number of anilines is 1. The molecule has 0 saturated carbocycles. The molecule has 1 unspecified atom stereocenters. The summed E-state index contributed by atoms with van der Waals surface area (Å²) in [5.41, 5.74) is 2.91. The van der Waals surface area contributed by atoms with E-state index < -0.39 is 5.92 Å². The molecule has 0 spiro atoms. The molecule has 0 radical (unpaired) electrons. The third kappa shape index (κ3) is 5.87. The van der Waals surface area contributed by atoms with E-state index in [0.717, 1.165) is 11.3 Å². The second kappa shape index (κ2) is 10.3. The van der Waals surface area contributed by atoms with Gasteiger partial charge in [0.05, 0.1) is 28.3 Å². The van der Waals surface area contributed by atoms with Gasteiger partial charge >= 0.3 is 0 Å². The maximum Gasteiger partial charge on any atom is 0.234 e. The van der Waals surface area contributed by atoms with Crippen LogP contribution in [0.25, 0.3) is 0 Å². The maximum absolute atomic E-state index is 13.2. The predicted octanol–water partition coefficient (Wildman–Crippen LogP) is 7.08. The van der Waals surface area contributed by atoms with Crippen LogP contribution in [0.1, 0.15) is 38.2 Å². The molecule has 0 aromatic heterocycles. The molecule has 1 aliphatic heterocycles. The van der Waals surface area contributed by atoms with Gasteiger partial charge in [0.25, 0.3) is 0 Å². The number of carbonyl (C=O) groups is 2. The summed E-state index contributed by atoms with van der Waals surface area (Å²) in [5, 5.41) is 18.2. The highest BCUT2D eigenvalue weighted by Gasteiger charge is 2.41. The summed E-state index contributed by atoms with van der Waals surface area (Å²) < 4.78 is 0. The molecular weight excluding hydrogens is 525 g/mol. The molecule has 0 fully saturated rings. The van der Waals surface area contributed by atoms with Crippen LogP contribution in [0, 0.1) is 16.7 Å². The van der Waals surface area contributed by atoms with Gasteiger partial charge in [0.1, 0.15) is 0 Å². The number of rotatable bonds is 5. The molecule has 4 rings (SSSR count). The van der Waals surface area contributed by atoms with E-state index in [1.807, 2.05) is 26.0 Å². The molecule has 180 valence electrons. The molecule has 1 amide bonds. The van der Waals surface area contributed by atoms with Crippen molar-refractivity contribution in [2.75, 3.05) is 11.1 Å². The van der Waals surface area contributed by atoms with Gasteiger partial charge in [-0.15, -0.1) is 0 Å². The SMILES string of the molecule is CC1(C)CC(=O)C2=C(C1)NC(SCC(=O)Nc1cc(Cl)cc(Cl)c1)=C(C#N)C2c1ccc(Cl)cc1. The van der Waals surface area contributed by atoms with Crippen LogP contribution in [0.3, 0.4) is 0 Å². The van der Waals surface area contributed by atoms with E-state index in [0.29, 0.717) is 49.8 Å². The van der Waals surface area contributed by atoms with Crippen LogP contribution in [0.15, 0.2) is 64.3 Å². The number of hydrogen-bond acceptors (Lipinski definition) is 5. The average Bonchev–Trinajstić information content (AvgIpc) is 2.75. The highest BCUT2D eigenvalue weighted by atomic mass is 35.5. The number of halogens is 3. The minimum atomic E-state index is -0.519. The van der Waals surface area contributed by atoms with Crippen molar-refractivity contribution < 1.29 is 9.59 Å². The number of nitrogens with one attached hydrogen (secondary N) is 2. The Morgan fingerprint density at radius 3 is 2.40 bits per heavy atom. The van der Waals surface area contributed by atoms with Crippen LogP contribution >= 0.6 is 46.6 Å². The van der Waals surface area contributed by atoms with Crippen molar-refractivity contribution in [1.82, 2.24) is 5.32 Å². The van der Waals surface area contributed by atoms with E-state index in [9.17, 15) is 14.9 Å². The number of dihydropyridines is 1. The third-order valence-electron chi connectivity index (χ3n) is 5.82. The van der Waals surface area contributed by atoms with E-state index in [1.165, 1.54) is 11.8 Å². The molecule has 0 bridgehead atoms. The summed E-state index contributed by atoms with van der Waals surface area (Å²) in [6, 6.07) is 14.3. The van der Waals surface area contributed by atoms with Gasteiger partial charge in [0.2, 0.25) is 5.91 Å². The molecule has 5 nitrogen and oxygen atoms in total. The van der Waals surface area contributed by atoms with E-state index in [2.05, 4.69) is 16.7 Å². The zero-order valence-corrected chi connectivity index (χ0v) is 22.1. The van der Waals surface area contributed by atoms with Crippen LogP contribution in [-0.4, -0.2) is 17.4 Å². The monoisotopic (exact) mass is 545 g/mol. The van der Waals surface area contributed by atoms with Crippen molar-refractivity contribution in [2.24, 2.45) is 5.41 Å². The number of amides is 1. The van der Waals surface area contributed by atoms with Crippen molar-refractivity contribution in [2.45, 2.75) is 32.6 Å². The summed E-state index contributed by atoms with van der Waals surface area (Å²) in [5.74, 6) is -0.724. The molecular formula is C26H22Cl3N3O2S. The number of nitriles is 1. The second-order valence-corrected chi connectivity index (χ2v) is 11.6. The van der Waals surface area contributed by atoms with E-state index in [4.69, 9.17) is 34.8 Å². The fourth-order valence-corrected chi connectivity index (χ4v) is 5.95. The average molecular weight is 547 g/mol. The molecule has 2 N–H and O–H groups in total. The minimum Gasteiger partial charge on any atom is -0.352 e. The molecule has 2 aliphatic rings. The smallest absolute Gasteiger partial charge is 0.234 e. The van der Waals surface area contributed by atoms with Crippen molar-refractivity contribution in [1.29, 1.82) is 5.26 Å². The minimum absolute atomic E-state index is 0.0241. The number of carbonyl (C=O) groups excluding carboxylic acids is 2. The van der Waals surface area contributed by atoms with Gasteiger partial charge in [0.15, 0.2) is 5.78 Å². The second-order valence-electron chi connectivity index (χ2n) is 9.29. The van der Waals surface area contributed by atoms with Crippen molar-refractivity contribution >= 4 is 63.9 Å². The zero-order valence-electron chi connectivity index (χ0n) is 19.0. The van der Waals surface area contributed by atoms with Gasteiger partial charge in [-0.3, -0.25) is 9.59 Å². The summed E-state index contributed by atoms with van der Waals surface area (Å²) >= 11 is 19.3. The number of hydrogen-bond donors (Lipinski definition) is 2. The first-order valence-corrected chi connectivity index (χ1v) is 13.0. The molecule has 35 heavy (non-hydrogen) atoms. The fraction of sp³-hybridized carbons (Fsp3) is 0.269. The molecule has 1 atom stereocenters. The lowest BCUT2D eigenvalue weighted by Crippen LogP contribution is -2.37. The van der Waals surface area contributed by atoms with Gasteiger partial charge in [-0.1, -0.05) is 72.5 Å². The number of Topliss-reactive ketones (excluding diaryl/α,β-unsaturated/α-hetero) is 1. The Labute approximate surface area is 223 Å². The van der Waals surface area contributed by atoms with Crippen molar-refractivity contribution in [3.8, 4) is 6.07 Å². The van der Waals surface area contributed by atoms with Crippen LogP contribution in [0.5, 0.6) is 0 Å². The van der Waals surface area contributed by atoms with Gasteiger partial charge < -0.3 is 10.6 Å². The predicted molar refractivity (Wildman–Crippen MR) is 143 cm³/mol. The Hall–Kier alpha value is -2.43. The Balaban J connectivity index is 1.64. The Morgan fingerprint density at radius 1 is 1.11 bits per heavy atom. The topological polar surface area (TPSA) is 82.0 Å². The number of thioether (sulfide) groups is 1. The lowest BCUT2D eigenvalue weighted by molar-refractivity contribution is -0.118. The Bertz CT molecular complexity index is 1290. The van der Waals surface area contributed by atoms with Gasteiger partial charge in [-0.25, -0.2) is 0 Å². The molecule has 2 aromatic carbocycles. The Kier molecular flexibility index (Phi) is 7.54. The quantitative estimate of drug-likeness (QED) is 0.419. The number of allylic oxidation sites excluding steroid dienone is 3. The molecule has 2 aromatic rings. The van der Waals surface area contributed by atoms with Crippen LogP contribution in [0.2, 0.25) is 15.1 Å². The van der Waals surface area contributed by atoms with E-state index >= 15 is 0 Å². The van der Waals surface area contributed by atoms with Gasteiger partial charge in [-0.05, 0) is 47.7 Å². The molecule has 1 aliphatic carbocycles. The highest BCUT2D eigenvalue weighted by Crippen LogP contribution is 2.48. The van der Waals surface area contributed by atoms with E-state index in [1.54, 1.807) is 30.3 Å². The zero-order chi connectivity index (χ0) is 25.3. The Morgan fingerprint density at radius 2 is 1.77 bits per heavy atom. The lowest BCUT2D eigenvalue weighted by atomic mass is 9.69. The summed E-state index contributed by atoms with van der Waals surface area (Å²) in [6.07, 6.45) is 1.07. The van der Waals surface area contributed by atoms with Crippen LogP contribution in [-0.2, 0) is 9.59 Å². The normalized spacial score (nSPS) is 19.1. The summed E-state index contributed by atoms with van der Waals surface area (Å²) in [7, 11) is 0. The fourth-order valence-electron chi connectivity index (χ4n) is 4.44. The number of benzene rings is 2. The molecule has 1 heterocycles. The van der Waals surface area contributed by atoms with Gasteiger partial charge in [0, 0.05) is 38.4 Å². The number of nitrogens with zero attached hydrogens (tertiary/aromatic N) is 1. The van der Waals surface area contributed by atoms with Gasteiger partial charge in [-0.2, -0.15) is 5.26 Å². The highest BCUT2D eigenvalue weighted by molar-refractivity contribution is 8.03. The van der Waals surface area contributed by atoms with Crippen LogP contribution < -0.4 is 10.6 Å². The largest absolute Gasteiger partial charge is 0.352 e. The molecule has 9 heteroatoms. The maximum atomic E-state index is 13.2. The van der Waals surface area contributed by atoms with Crippen molar-refractivity contribution in [3.63, 3.8) is 0 Å². The number of ketones is 1. The lowest BCUT2D eigenvalue weighted by Gasteiger charge is -2.39. The summed E-state index contributed by atoms with van der Waals surface area (Å²) in [6.45, 7) is 4.10. The van der Waals surface area contributed by atoms with E-state index in [-0.39, 0.29) is 22.9 Å². The van der Waals surface area contributed by atoms with Crippen molar-refractivity contribution in [3.05, 3.63) is 85.0 Å². The van der Waals surface area contributed by atoms with Crippen LogP contribution in [0.4, 0.5) is 5.69 Å². The first kappa shape index (κ1) is 25.7. The third-order valence-corrected chi connectivity index (χ3v) is 7.53. The summed E-state index contributed by atoms with van der Waals surface area (Å²) in [4.78, 5) is 25.9. The first-order valence-electron chi connectivity index (χ1n) is 10.9.